The minimum atomic E-state index is -0.594. The van der Waals surface area contributed by atoms with Crippen molar-refractivity contribution >= 4 is 17.5 Å². The van der Waals surface area contributed by atoms with Crippen LogP contribution < -0.4 is 0 Å². The van der Waals surface area contributed by atoms with Crippen LogP contribution in [0.15, 0.2) is 27.7 Å². The van der Waals surface area contributed by atoms with Crippen molar-refractivity contribution in [2.45, 2.75) is 27.7 Å². The molecule has 0 radical (unpaired) electrons. The Morgan fingerprint density at radius 2 is 1.89 bits per heavy atom. The summed E-state index contributed by atoms with van der Waals surface area (Å²) in [5.74, 6) is 0.306. The first kappa shape index (κ1) is 12.4. The van der Waals surface area contributed by atoms with Gasteiger partial charge in [-0.2, -0.15) is 0 Å². The Kier molecular flexibility index (Phi) is 2.95. The number of rotatable bonds is 1. The first-order chi connectivity index (χ1) is 8.45. The SMILES string of the molecule is CC=C1C(=O)OC(=O)C1=C(C)c1cc(C)oc1C. The van der Waals surface area contributed by atoms with Crippen LogP contribution in [0, 0.1) is 13.8 Å². The number of hydrogen-bond donors (Lipinski definition) is 0. The molecule has 4 heteroatoms. The Hall–Kier alpha value is -2.10. The molecule has 0 bridgehead atoms. The highest BCUT2D eigenvalue weighted by Gasteiger charge is 2.35. The summed E-state index contributed by atoms with van der Waals surface area (Å²) >= 11 is 0. The average molecular weight is 246 g/mol. The number of carbonyl (C=O) groups is 2. The number of hydrogen-bond acceptors (Lipinski definition) is 4. The Morgan fingerprint density at radius 1 is 1.22 bits per heavy atom. The zero-order valence-electron chi connectivity index (χ0n) is 10.8. The van der Waals surface area contributed by atoms with Gasteiger partial charge in [-0.3, -0.25) is 0 Å². The summed E-state index contributed by atoms with van der Waals surface area (Å²) in [6.45, 7) is 7.15. The number of cyclic esters (lactones) is 2. The van der Waals surface area contributed by atoms with Crippen LogP contribution in [-0.2, 0) is 14.3 Å². The Balaban J connectivity index is 2.63. The number of furan rings is 1. The second kappa shape index (κ2) is 4.29. The van der Waals surface area contributed by atoms with Gasteiger partial charge < -0.3 is 9.15 Å². The molecule has 0 spiro atoms. The standard InChI is InChI=1S/C14H14O4/c1-5-10-12(14(16)18-13(10)15)8(3)11-6-7(2)17-9(11)4/h5-6H,1-4H3. The number of aryl methyl sites for hydroxylation is 2. The van der Waals surface area contributed by atoms with E-state index < -0.39 is 11.9 Å². The van der Waals surface area contributed by atoms with E-state index >= 15 is 0 Å². The van der Waals surface area contributed by atoms with Gasteiger partial charge in [0.15, 0.2) is 0 Å². The highest BCUT2D eigenvalue weighted by molar-refractivity contribution is 6.21. The van der Waals surface area contributed by atoms with Crippen molar-refractivity contribution in [3.05, 3.63) is 40.4 Å². The third kappa shape index (κ3) is 1.79. The Morgan fingerprint density at radius 3 is 2.39 bits per heavy atom. The van der Waals surface area contributed by atoms with Gasteiger partial charge in [0.05, 0.1) is 11.1 Å². The van der Waals surface area contributed by atoms with Gasteiger partial charge in [-0.15, -0.1) is 0 Å². The topological polar surface area (TPSA) is 56.5 Å². The molecule has 0 unspecified atom stereocenters. The molecule has 1 aromatic heterocycles. The molecule has 18 heavy (non-hydrogen) atoms. The van der Waals surface area contributed by atoms with Crippen LogP contribution in [0.4, 0.5) is 0 Å². The maximum absolute atomic E-state index is 11.7. The molecule has 94 valence electrons. The first-order valence-corrected chi connectivity index (χ1v) is 5.67. The van der Waals surface area contributed by atoms with Crippen LogP contribution in [0.2, 0.25) is 0 Å². The van der Waals surface area contributed by atoms with Crippen molar-refractivity contribution < 1.29 is 18.7 Å². The Bertz CT molecular complexity index is 599. The van der Waals surface area contributed by atoms with Gasteiger partial charge in [-0.25, -0.2) is 9.59 Å². The predicted octanol–water partition coefficient (Wildman–Crippen LogP) is 2.70. The van der Waals surface area contributed by atoms with Crippen molar-refractivity contribution in [3.8, 4) is 0 Å². The molecule has 0 N–H and O–H groups in total. The third-order valence-electron chi connectivity index (χ3n) is 2.99. The number of esters is 2. The molecular formula is C14H14O4. The van der Waals surface area contributed by atoms with E-state index in [1.807, 2.05) is 19.9 Å². The lowest BCUT2D eigenvalue weighted by Crippen LogP contribution is -1.99. The predicted molar refractivity (Wildman–Crippen MR) is 65.6 cm³/mol. The lowest BCUT2D eigenvalue weighted by atomic mass is 9.97. The molecule has 0 atom stereocenters. The van der Waals surface area contributed by atoms with Crippen molar-refractivity contribution in [2.75, 3.05) is 0 Å². The highest BCUT2D eigenvalue weighted by Crippen LogP contribution is 2.32. The summed E-state index contributed by atoms with van der Waals surface area (Å²) in [6.07, 6.45) is 1.59. The molecular weight excluding hydrogens is 232 g/mol. The second-order valence-corrected chi connectivity index (χ2v) is 4.21. The van der Waals surface area contributed by atoms with E-state index in [0.717, 1.165) is 17.1 Å². The van der Waals surface area contributed by atoms with Gasteiger partial charge in [0.1, 0.15) is 11.5 Å². The minimum absolute atomic E-state index is 0.316. The zero-order valence-corrected chi connectivity index (χ0v) is 10.8. The van der Waals surface area contributed by atoms with Crippen LogP contribution in [0.5, 0.6) is 0 Å². The maximum Gasteiger partial charge on any atom is 0.347 e. The quantitative estimate of drug-likeness (QED) is 0.434. The van der Waals surface area contributed by atoms with Crippen molar-refractivity contribution in [1.82, 2.24) is 0 Å². The normalized spacial score (nSPS) is 20.6. The van der Waals surface area contributed by atoms with Crippen molar-refractivity contribution in [2.24, 2.45) is 0 Å². The second-order valence-electron chi connectivity index (χ2n) is 4.21. The first-order valence-electron chi connectivity index (χ1n) is 5.67. The number of allylic oxidation sites excluding steroid dienone is 2. The van der Waals surface area contributed by atoms with E-state index in [2.05, 4.69) is 4.74 Å². The minimum Gasteiger partial charge on any atom is -0.466 e. The smallest absolute Gasteiger partial charge is 0.347 e. The van der Waals surface area contributed by atoms with Crippen LogP contribution in [0.3, 0.4) is 0 Å². The van der Waals surface area contributed by atoms with E-state index in [1.165, 1.54) is 0 Å². The molecule has 0 aromatic carbocycles. The largest absolute Gasteiger partial charge is 0.466 e. The van der Waals surface area contributed by atoms with Crippen LogP contribution in [0.25, 0.3) is 5.57 Å². The van der Waals surface area contributed by atoms with Gasteiger partial charge >= 0.3 is 11.9 Å². The molecule has 1 aliphatic heterocycles. The van der Waals surface area contributed by atoms with E-state index in [0.29, 0.717) is 16.7 Å². The molecule has 4 nitrogen and oxygen atoms in total. The van der Waals surface area contributed by atoms with Crippen molar-refractivity contribution in [3.63, 3.8) is 0 Å². The third-order valence-corrected chi connectivity index (χ3v) is 2.99. The van der Waals surface area contributed by atoms with Crippen LogP contribution >= 0.6 is 0 Å². The molecule has 1 aliphatic rings. The van der Waals surface area contributed by atoms with E-state index in [4.69, 9.17) is 4.42 Å². The fourth-order valence-corrected chi connectivity index (χ4v) is 2.16. The molecule has 1 saturated heterocycles. The van der Waals surface area contributed by atoms with Gasteiger partial charge in [0, 0.05) is 5.56 Å². The molecule has 1 fully saturated rings. The van der Waals surface area contributed by atoms with Gasteiger partial charge in [-0.1, -0.05) is 6.08 Å². The number of ether oxygens (including phenoxy) is 1. The van der Waals surface area contributed by atoms with Crippen LogP contribution in [-0.4, -0.2) is 11.9 Å². The summed E-state index contributed by atoms with van der Waals surface area (Å²) in [6, 6.07) is 1.85. The highest BCUT2D eigenvalue weighted by atomic mass is 16.6. The fourth-order valence-electron chi connectivity index (χ4n) is 2.16. The molecule has 0 aliphatic carbocycles. The molecule has 0 amide bonds. The molecule has 0 saturated carbocycles. The maximum atomic E-state index is 11.7. The van der Waals surface area contributed by atoms with E-state index in [-0.39, 0.29) is 0 Å². The fraction of sp³-hybridized carbons (Fsp3) is 0.286. The summed E-state index contributed by atoms with van der Waals surface area (Å²) in [5.41, 5.74) is 2.17. The van der Waals surface area contributed by atoms with Gasteiger partial charge in [0.2, 0.25) is 0 Å². The molecule has 1 aromatic rings. The van der Waals surface area contributed by atoms with Crippen molar-refractivity contribution in [1.29, 1.82) is 0 Å². The lowest BCUT2D eigenvalue weighted by molar-refractivity contribution is -0.149. The average Bonchev–Trinajstić information content (AvgIpc) is 2.77. The van der Waals surface area contributed by atoms with Gasteiger partial charge in [-0.05, 0) is 39.3 Å². The lowest BCUT2D eigenvalue weighted by Gasteiger charge is -2.02. The monoisotopic (exact) mass is 246 g/mol. The summed E-state index contributed by atoms with van der Waals surface area (Å²) in [5, 5.41) is 0. The number of carbonyl (C=O) groups excluding carboxylic acids is 2. The molecule has 2 rings (SSSR count). The van der Waals surface area contributed by atoms with E-state index in [1.54, 1.807) is 19.9 Å². The van der Waals surface area contributed by atoms with E-state index in [9.17, 15) is 9.59 Å². The summed E-state index contributed by atoms with van der Waals surface area (Å²) in [7, 11) is 0. The van der Waals surface area contributed by atoms with Crippen LogP contribution in [0.1, 0.15) is 30.9 Å². The molecule has 2 heterocycles. The van der Waals surface area contributed by atoms with Gasteiger partial charge in [0.25, 0.3) is 0 Å². The summed E-state index contributed by atoms with van der Waals surface area (Å²) in [4.78, 5) is 23.2. The zero-order chi connectivity index (χ0) is 13.4. The Labute approximate surface area is 105 Å². The summed E-state index contributed by atoms with van der Waals surface area (Å²) < 4.78 is 10.1.